The molecule has 1 heterocycles. The third kappa shape index (κ3) is 5.18. The van der Waals surface area contributed by atoms with Crippen molar-refractivity contribution in [1.29, 1.82) is 0 Å². The van der Waals surface area contributed by atoms with Gasteiger partial charge < -0.3 is 10.1 Å². The van der Waals surface area contributed by atoms with E-state index in [9.17, 15) is 9.59 Å². The first-order valence-corrected chi connectivity index (χ1v) is 9.05. The summed E-state index contributed by atoms with van der Waals surface area (Å²) in [6.45, 7) is 4.64. The van der Waals surface area contributed by atoms with Gasteiger partial charge in [-0.05, 0) is 38.3 Å². The molecule has 0 fully saturated rings. The van der Waals surface area contributed by atoms with Crippen molar-refractivity contribution in [2.75, 3.05) is 13.7 Å². The molecule has 6 heteroatoms. The Labute approximate surface area is 154 Å². The Hall–Kier alpha value is -2.63. The molecule has 0 atom stereocenters. The van der Waals surface area contributed by atoms with Crippen molar-refractivity contribution < 1.29 is 14.3 Å². The lowest BCUT2D eigenvalue weighted by Gasteiger charge is -2.09. The van der Waals surface area contributed by atoms with Gasteiger partial charge in [0.25, 0.3) is 5.91 Å². The lowest BCUT2D eigenvalue weighted by Crippen LogP contribution is -2.25. The highest BCUT2D eigenvalue weighted by molar-refractivity contribution is 5.95. The van der Waals surface area contributed by atoms with Crippen LogP contribution in [-0.2, 0) is 16.0 Å². The molecule has 2 aromatic rings. The first-order valence-electron chi connectivity index (χ1n) is 9.05. The van der Waals surface area contributed by atoms with E-state index in [-0.39, 0.29) is 11.9 Å². The van der Waals surface area contributed by atoms with E-state index in [0.717, 1.165) is 37.1 Å². The average Bonchev–Trinajstić information content (AvgIpc) is 3.08. The minimum Gasteiger partial charge on any atom is -0.469 e. The predicted octanol–water partition coefficient (Wildman–Crippen LogP) is 3.21. The summed E-state index contributed by atoms with van der Waals surface area (Å²) in [5.41, 5.74) is 3.65. The minimum absolute atomic E-state index is 0.104. The highest BCUT2D eigenvalue weighted by atomic mass is 16.5. The minimum atomic E-state index is -0.190. The van der Waals surface area contributed by atoms with Crippen molar-refractivity contribution >= 4 is 11.9 Å². The van der Waals surface area contributed by atoms with Crippen molar-refractivity contribution in [3.8, 4) is 5.69 Å². The van der Waals surface area contributed by atoms with Gasteiger partial charge >= 0.3 is 5.97 Å². The molecule has 140 valence electrons. The Morgan fingerprint density at radius 3 is 2.54 bits per heavy atom. The molecule has 0 aliphatic rings. The second kappa shape index (κ2) is 9.75. The molecule has 1 N–H and O–H groups in total. The number of rotatable bonds is 9. The van der Waals surface area contributed by atoms with Gasteiger partial charge in [-0.25, -0.2) is 4.68 Å². The molecule has 0 aliphatic carbocycles. The van der Waals surface area contributed by atoms with Gasteiger partial charge in [0.1, 0.15) is 0 Å². The maximum absolute atomic E-state index is 12.5. The number of benzene rings is 1. The van der Waals surface area contributed by atoms with Gasteiger partial charge in [-0.1, -0.05) is 31.0 Å². The van der Waals surface area contributed by atoms with Crippen LogP contribution in [-0.4, -0.2) is 35.3 Å². The maximum atomic E-state index is 12.5. The molecule has 0 bridgehead atoms. The topological polar surface area (TPSA) is 73.2 Å². The summed E-state index contributed by atoms with van der Waals surface area (Å²) in [6.07, 6.45) is 5.25. The van der Waals surface area contributed by atoms with Gasteiger partial charge in [0.15, 0.2) is 0 Å². The summed E-state index contributed by atoms with van der Waals surface area (Å²) < 4.78 is 6.43. The highest BCUT2D eigenvalue weighted by Gasteiger charge is 2.16. The fourth-order valence-corrected chi connectivity index (χ4v) is 2.78. The summed E-state index contributed by atoms with van der Waals surface area (Å²) in [5, 5.41) is 7.34. The molecule has 1 amide bonds. The van der Waals surface area contributed by atoms with Gasteiger partial charge in [0, 0.05) is 13.0 Å². The molecular formula is C20H27N3O3. The van der Waals surface area contributed by atoms with Crippen LogP contribution < -0.4 is 5.32 Å². The van der Waals surface area contributed by atoms with Crippen LogP contribution in [0, 0.1) is 6.92 Å². The fraction of sp³-hybridized carbons (Fsp3) is 0.450. The predicted molar refractivity (Wildman–Crippen MR) is 100 cm³/mol. The summed E-state index contributed by atoms with van der Waals surface area (Å²) >= 11 is 0. The molecule has 1 aromatic heterocycles. The number of methoxy groups -OCH3 is 1. The number of carbonyl (C=O) groups excluding carboxylic acids is 2. The first kappa shape index (κ1) is 19.7. The monoisotopic (exact) mass is 357 g/mol. The zero-order valence-corrected chi connectivity index (χ0v) is 15.7. The number of hydrogen-bond acceptors (Lipinski definition) is 4. The third-order valence-corrected chi connectivity index (χ3v) is 4.30. The summed E-state index contributed by atoms with van der Waals surface area (Å²) in [7, 11) is 1.39. The van der Waals surface area contributed by atoms with Crippen molar-refractivity contribution in [2.24, 2.45) is 0 Å². The molecule has 0 saturated heterocycles. The van der Waals surface area contributed by atoms with Crippen molar-refractivity contribution in [3.63, 3.8) is 0 Å². The van der Waals surface area contributed by atoms with Crippen molar-refractivity contribution in [3.05, 3.63) is 47.3 Å². The number of carbonyl (C=O) groups is 2. The summed E-state index contributed by atoms with van der Waals surface area (Å²) in [4.78, 5) is 23.5. The zero-order valence-electron chi connectivity index (χ0n) is 15.7. The van der Waals surface area contributed by atoms with Gasteiger partial charge in [-0.15, -0.1) is 0 Å². The molecule has 0 saturated carbocycles. The van der Waals surface area contributed by atoms with E-state index in [1.54, 1.807) is 6.20 Å². The molecule has 0 unspecified atom stereocenters. The Bertz CT molecular complexity index is 735. The number of aryl methyl sites for hydroxylation is 1. The van der Waals surface area contributed by atoms with E-state index in [1.165, 1.54) is 12.7 Å². The molecule has 1 aromatic carbocycles. The number of unbranched alkanes of at least 4 members (excludes halogenated alkanes) is 2. The number of nitrogens with zero attached hydrogens (tertiary/aromatic N) is 2. The van der Waals surface area contributed by atoms with Crippen LogP contribution >= 0.6 is 0 Å². The normalized spacial score (nSPS) is 10.6. The molecular weight excluding hydrogens is 330 g/mol. The molecule has 0 spiro atoms. The largest absolute Gasteiger partial charge is 0.469 e. The number of ether oxygens (including phenoxy) is 1. The van der Waals surface area contributed by atoms with E-state index in [2.05, 4.69) is 15.2 Å². The zero-order chi connectivity index (χ0) is 18.9. The third-order valence-electron chi connectivity index (χ3n) is 4.30. The Morgan fingerprint density at radius 1 is 1.15 bits per heavy atom. The molecule has 0 radical (unpaired) electrons. The Morgan fingerprint density at radius 2 is 1.88 bits per heavy atom. The number of amides is 1. The number of nitrogens with one attached hydrogen (secondary N) is 1. The fourth-order valence-electron chi connectivity index (χ4n) is 2.78. The molecule has 0 aliphatic heterocycles. The van der Waals surface area contributed by atoms with Gasteiger partial charge in [-0.2, -0.15) is 5.10 Å². The van der Waals surface area contributed by atoms with Gasteiger partial charge in [0.2, 0.25) is 0 Å². The second-order valence-corrected chi connectivity index (χ2v) is 6.25. The van der Waals surface area contributed by atoms with Crippen LogP contribution in [0.3, 0.4) is 0 Å². The average molecular weight is 357 g/mol. The van der Waals surface area contributed by atoms with E-state index in [4.69, 9.17) is 0 Å². The van der Waals surface area contributed by atoms with Crippen molar-refractivity contribution in [2.45, 2.75) is 46.0 Å². The first-order chi connectivity index (χ1) is 12.6. The van der Waals surface area contributed by atoms with Gasteiger partial charge in [-0.3, -0.25) is 9.59 Å². The van der Waals surface area contributed by atoms with Crippen LogP contribution in [0.4, 0.5) is 0 Å². The van der Waals surface area contributed by atoms with Crippen LogP contribution in [0.15, 0.2) is 30.5 Å². The van der Waals surface area contributed by atoms with Crippen LogP contribution in [0.5, 0.6) is 0 Å². The lowest BCUT2D eigenvalue weighted by molar-refractivity contribution is -0.140. The van der Waals surface area contributed by atoms with Crippen LogP contribution in [0.25, 0.3) is 5.69 Å². The van der Waals surface area contributed by atoms with Crippen molar-refractivity contribution in [1.82, 2.24) is 15.1 Å². The summed E-state index contributed by atoms with van der Waals surface area (Å²) in [5.74, 6) is -0.293. The Kier molecular flexibility index (Phi) is 7.38. The maximum Gasteiger partial charge on any atom is 0.305 e. The summed E-state index contributed by atoms with van der Waals surface area (Å²) in [6, 6.07) is 8.07. The number of esters is 1. The molecule has 26 heavy (non-hydrogen) atoms. The van der Waals surface area contributed by atoms with Gasteiger partial charge in [0.05, 0.1) is 30.3 Å². The Balaban J connectivity index is 1.91. The SMILES string of the molecule is CCc1c(C(=O)NCCCCCC(=O)OC)cnn1-c1ccc(C)cc1. The smallest absolute Gasteiger partial charge is 0.305 e. The molecule has 6 nitrogen and oxygen atoms in total. The highest BCUT2D eigenvalue weighted by Crippen LogP contribution is 2.16. The number of aromatic nitrogens is 2. The van der Waals surface area contributed by atoms with Crippen LogP contribution in [0.2, 0.25) is 0 Å². The standard InChI is InChI=1S/C20H27N3O3/c1-4-18-17(14-22-23(18)16-11-9-15(2)10-12-16)20(25)21-13-7-5-6-8-19(24)26-3/h9-12,14H,4-8,13H2,1-3H3,(H,21,25). The molecule has 2 rings (SSSR count). The van der Waals surface area contributed by atoms with E-state index in [1.807, 2.05) is 42.8 Å². The van der Waals surface area contributed by atoms with Crippen LogP contribution in [0.1, 0.15) is 54.2 Å². The van der Waals surface area contributed by atoms with E-state index in [0.29, 0.717) is 18.5 Å². The second-order valence-electron chi connectivity index (χ2n) is 6.25. The van der Waals surface area contributed by atoms with E-state index >= 15 is 0 Å². The number of hydrogen-bond donors (Lipinski definition) is 1. The quantitative estimate of drug-likeness (QED) is 0.552. The van der Waals surface area contributed by atoms with E-state index < -0.39 is 0 Å². The lowest BCUT2D eigenvalue weighted by atomic mass is 10.1.